The minimum Gasteiger partial charge on any atom is -0.508 e. The number of hydrogen-bond acceptors (Lipinski definition) is 5. The molecule has 1 aliphatic heterocycles. The maximum absolute atomic E-state index is 12.9. The van der Waals surface area contributed by atoms with Crippen LogP contribution in [0.15, 0.2) is 47.4 Å². The number of amides is 1. The third-order valence-electron chi connectivity index (χ3n) is 4.80. The van der Waals surface area contributed by atoms with Gasteiger partial charge in [0.2, 0.25) is 12.2 Å². The van der Waals surface area contributed by atoms with Gasteiger partial charge in [0.15, 0.2) is 11.5 Å². The van der Waals surface area contributed by atoms with Crippen LogP contribution >= 0.6 is 0 Å². The van der Waals surface area contributed by atoms with Crippen molar-refractivity contribution in [3.8, 4) is 17.2 Å². The van der Waals surface area contributed by atoms with Crippen LogP contribution in [0.3, 0.4) is 0 Å². The van der Waals surface area contributed by atoms with Gasteiger partial charge in [0, 0.05) is 25.4 Å². The lowest BCUT2D eigenvalue weighted by Gasteiger charge is -2.12. The summed E-state index contributed by atoms with van der Waals surface area (Å²) in [5.74, 6) is 0.896. The first-order valence-corrected chi connectivity index (χ1v) is 9.09. The largest absolute Gasteiger partial charge is 0.508 e. The quantitative estimate of drug-likeness (QED) is 0.710. The summed E-state index contributed by atoms with van der Waals surface area (Å²) in [6.07, 6.45) is 2.18. The Morgan fingerprint density at radius 3 is 2.61 bits per heavy atom. The lowest BCUT2D eigenvalue weighted by Crippen LogP contribution is -2.31. The molecule has 4 rings (SSSR count). The van der Waals surface area contributed by atoms with Crippen molar-refractivity contribution in [2.45, 2.75) is 19.9 Å². The van der Waals surface area contributed by atoms with Crippen LogP contribution in [-0.2, 0) is 13.0 Å². The van der Waals surface area contributed by atoms with Gasteiger partial charge in [-0.2, -0.15) is 0 Å². The van der Waals surface area contributed by atoms with Gasteiger partial charge < -0.3 is 24.5 Å². The van der Waals surface area contributed by atoms with Crippen LogP contribution in [0.4, 0.5) is 0 Å². The molecule has 0 unspecified atom stereocenters. The number of nitrogens with one attached hydrogen (secondary N) is 1. The molecule has 0 radical (unpaired) electrons. The maximum atomic E-state index is 12.9. The third kappa shape index (κ3) is 3.26. The van der Waals surface area contributed by atoms with E-state index < -0.39 is 5.91 Å². The number of ether oxygens (including phenoxy) is 2. The smallest absolute Gasteiger partial charge is 0.256 e. The van der Waals surface area contributed by atoms with Gasteiger partial charge in [0.1, 0.15) is 11.3 Å². The lowest BCUT2D eigenvalue weighted by atomic mass is 10.1. The summed E-state index contributed by atoms with van der Waals surface area (Å²) in [5.41, 5.74) is 1.45. The number of carbonyl (C=O) groups is 1. The van der Waals surface area contributed by atoms with Crippen molar-refractivity contribution in [3.05, 3.63) is 63.9 Å². The number of pyridine rings is 1. The van der Waals surface area contributed by atoms with Crippen LogP contribution in [0.25, 0.3) is 10.9 Å². The Labute approximate surface area is 161 Å². The Morgan fingerprint density at radius 1 is 1.18 bits per heavy atom. The zero-order valence-electron chi connectivity index (χ0n) is 15.4. The number of fused-ring (bicyclic) bond motifs is 2. The summed E-state index contributed by atoms with van der Waals surface area (Å²) in [4.78, 5) is 25.5. The highest BCUT2D eigenvalue weighted by molar-refractivity contribution is 5.97. The zero-order valence-corrected chi connectivity index (χ0v) is 15.4. The second-order valence-corrected chi connectivity index (χ2v) is 6.55. The lowest BCUT2D eigenvalue weighted by molar-refractivity contribution is 0.0952. The minimum absolute atomic E-state index is 0.0962. The summed E-state index contributed by atoms with van der Waals surface area (Å²) in [6.45, 7) is 3.05. The molecular weight excluding hydrogens is 360 g/mol. The zero-order chi connectivity index (χ0) is 19.7. The summed E-state index contributed by atoms with van der Waals surface area (Å²) < 4.78 is 12.6. The van der Waals surface area contributed by atoms with E-state index in [1.165, 1.54) is 0 Å². The summed E-state index contributed by atoms with van der Waals surface area (Å²) >= 11 is 0. The first-order chi connectivity index (χ1) is 13.6. The number of aryl methyl sites for hydroxylation is 1. The van der Waals surface area contributed by atoms with Gasteiger partial charge in [-0.05, 0) is 37.1 Å². The number of aromatic hydroxyl groups is 1. The van der Waals surface area contributed by atoms with E-state index in [2.05, 4.69) is 5.32 Å². The van der Waals surface area contributed by atoms with E-state index in [4.69, 9.17) is 9.47 Å². The topological polar surface area (TPSA) is 89.8 Å². The molecule has 3 aromatic rings. The molecule has 7 nitrogen and oxygen atoms in total. The highest BCUT2D eigenvalue weighted by atomic mass is 16.7. The highest BCUT2D eigenvalue weighted by Crippen LogP contribution is 2.35. The molecule has 2 N–H and O–H groups in total. The van der Waals surface area contributed by atoms with Gasteiger partial charge in [0.05, 0.1) is 10.9 Å². The van der Waals surface area contributed by atoms with Crippen molar-refractivity contribution in [2.24, 2.45) is 0 Å². The van der Waals surface area contributed by atoms with Gasteiger partial charge in [-0.3, -0.25) is 9.59 Å². The number of hydrogen-bond donors (Lipinski definition) is 2. The Morgan fingerprint density at radius 2 is 1.89 bits per heavy atom. The Hall–Kier alpha value is -3.48. The van der Waals surface area contributed by atoms with Crippen molar-refractivity contribution in [3.63, 3.8) is 0 Å². The summed E-state index contributed by atoms with van der Waals surface area (Å²) in [7, 11) is 0. The number of nitrogens with zero attached hydrogens (tertiary/aromatic N) is 1. The van der Waals surface area contributed by atoms with E-state index >= 15 is 0 Å². The molecule has 0 atom stereocenters. The molecule has 1 aliphatic rings. The number of aromatic nitrogens is 1. The predicted molar refractivity (Wildman–Crippen MR) is 104 cm³/mol. The van der Waals surface area contributed by atoms with Crippen LogP contribution < -0.4 is 20.2 Å². The number of carbonyl (C=O) groups excluding carboxylic acids is 1. The summed E-state index contributed by atoms with van der Waals surface area (Å²) in [6, 6.07) is 10.2. The molecule has 0 fully saturated rings. The number of phenolic OH excluding ortho intramolecular Hbond substituents is 1. The van der Waals surface area contributed by atoms with E-state index in [1.807, 2.05) is 11.5 Å². The van der Waals surface area contributed by atoms with Gasteiger partial charge in [-0.15, -0.1) is 0 Å². The molecule has 1 amide bonds. The van der Waals surface area contributed by atoms with Crippen LogP contribution in [-0.4, -0.2) is 28.9 Å². The maximum Gasteiger partial charge on any atom is 0.256 e. The molecule has 0 spiro atoms. The third-order valence-corrected chi connectivity index (χ3v) is 4.80. The molecular formula is C21H20N2O5. The molecule has 28 heavy (non-hydrogen) atoms. The molecule has 7 heteroatoms. The van der Waals surface area contributed by atoms with Crippen molar-refractivity contribution in [1.29, 1.82) is 0 Å². The first-order valence-electron chi connectivity index (χ1n) is 9.09. The molecule has 144 valence electrons. The molecule has 1 aromatic heterocycles. The van der Waals surface area contributed by atoms with Crippen LogP contribution in [0, 0.1) is 0 Å². The van der Waals surface area contributed by atoms with E-state index in [0.29, 0.717) is 41.9 Å². The monoisotopic (exact) mass is 380 g/mol. The Balaban J connectivity index is 1.59. The molecule has 2 heterocycles. The molecule has 2 aromatic carbocycles. The average Bonchev–Trinajstić information content (AvgIpc) is 3.16. The Kier molecular flexibility index (Phi) is 4.65. The van der Waals surface area contributed by atoms with Crippen molar-refractivity contribution in [1.82, 2.24) is 9.88 Å². The van der Waals surface area contributed by atoms with Crippen molar-refractivity contribution >= 4 is 16.8 Å². The van der Waals surface area contributed by atoms with Crippen molar-refractivity contribution in [2.75, 3.05) is 13.3 Å². The highest BCUT2D eigenvalue weighted by Gasteiger charge is 2.20. The molecule has 0 saturated heterocycles. The van der Waals surface area contributed by atoms with Crippen LogP contribution in [0.2, 0.25) is 0 Å². The predicted octanol–water partition coefficient (Wildman–Crippen LogP) is 2.43. The fraction of sp³-hybridized carbons (Fsp3) is 0.238. The second kappa shape index (κ2) is 7.26. The Bertz CT molecular complexity index is 1100. The van der Waals surface area contributed by atoms with Crippen LogP contribution in [0.1, 0.15) is 22.8 Å². The van der Waals surface area contributed by atoms with Gasteiger partial charge in [-0.1, -0.05) is 12.1 Å². The summed E-state index contributed by atoms with van der Waals surface area (Å²) in [5, 5.41) is 12.5. The van der Waals surface area contributed by atoms with Crippen LogP contribution in [0.5, 0.6) is 17.2 Å². The second-order valence-electron chi connectivity index (χ2n) is 6.55. The fourth-order valence-corrected chi connectivity index (χ4v) is 3.28. The first kappa shape index (κ1) is 17.9. The fourth-order valence-electron chi connectivity index (χ4n) is 3.28. The van der Waals surface area contributed by atoms with Gasteiger partial charge >= 0.3 is 0 Å². The van der Waals surface area contributed by atoms with E-state index in [-0.39, 0.29) is 23.5 Å². The number of phenols is 1. The van der Waals surface area contributed by atoms with Crippen molar-refractivity contribution < 1.29 is 19.4 Å². The normalized spacial score (nSPS) is 12.3. The molecule has 0 saturated carbocycles. The average molecular weight is 380 g/mol. The number of benzene rings is 2. The standard InChI is InChI=1S/C21H20N2O5/c1-2-23-11-16(21(26)22-8-7-13-3-5-14(24)6-4-13)20(25)15-9-18-19(10-17(15)23)28-12-27-18/h3-6,9-11,24H,2,7-8,12H2,1H3,(H,22,26). The van der Waals surface area contributed by atoms with E-state index in [9.17, 15) is 14.7 Å². The van der Waals surface area contributed by atoms with E-state index in [0.717, 1.165) is 5.56 Å². The number of rotatable bonds is 5. The minimum atomic E-state index is -0.412. The molecule has 0 bridgehead atoms. The van der Waals surface area contributed by atoms with Gasteiger partial charge in [0.25, 0.3) is 5.91 Å². The van der Waals surface area contributed by atoms with Gasteiger partial charge in [-0.25, -0.2) is 0 Å². The van der Waals surface area contributed by atoms with E-state index in [1.54, 1.807) is 42.6 Å². The molecule has 0 aliphatic carbocycles. The SMILES string of the molecule is CCn1cc(C(=O)NCCc2ccc(O)cc2)c(=O)c2cc3c(cc21)OCO3.